The van der Waals surface area contributed by atoms with Crippen LogP contribution < -0.4 is 0 Å². The molecule has 0 aromatic carbocycles. The fourth-order valence-corrected chi connectivity index (χ4v) is 3.50. The number of allylic oxidation sites excluding steroid dienone is 2. The van der Waals surface area contributed by atoms with Gasteiger partial charge >= 0.3 is 5.97 Å². The summed E-state index contributed by atoms with van der Waals surface area (Å²) in [6.07, 6.45) is 7.95. The number of fused-ring (bicyclic) bond motifs is 1. The number of rotatable bonds is 2. The molecule has 96 valence electrons. The molecule has 0 aromatic heterocycles. The Morgan fingerprint density at radius 1 is 1.53 bits per heavy atom. The van der Waals surface area contributed by atoms with Crippen LogP contribution in [0, 0.1) is 17.3 Å². The van der Waals surface area contributed by atoms with Crippen molar-refractivity contribution in [1.82, 2.24) is 0 Å². The fourth-order valence-electron chi connectivity index (χ4n) is 3.50. The molecule has 2 heteroatoms. The fraction of sp³-hybridized carbons (Fsp3) is 0.800. The molecule has 0 bridgehead atoms. The van der Waals surface area contributed by atoms with Crippen LogP contribution in [0.2, 0.25) is 0 Å². The molecule has 0 aromatic rings. The third-order valence-corrected chi connectivity index (χ3v) is 4.86. The summed E-state index contributed by atoms with van der Waals surface area (Å²) in [6, 6.07) is 0. The van der Waals surface area contributed by atoms with E-state index in [1.807, 2.05) is 6.92 Å². The van der Waals surface area contributed by atoms with E-state index < -0.39 is 0 Å². The van der Waals surface area contributed by atoms with Crippen LogP contribution in [-0.4, -0.2) is 12.6 Å². The van der Waals surface area contributed by atoms with Gasteiger partial charge in [-0.05, 0) is 50.4 Å². The Morgan fingerprint density at radius 2 is 2.29 bits per heavy atom. The van der Waals surface area contributed by atoms with Crippen molar-refractivity contribution in [3.63, 3.8) is 0 Å². The normalized spacial score (nSPS) is 37.0. The van der Waals surface area contributed by atoms with Crippen LogP contribution in [0.1, 0.15) is 52.9 Å². The van der Waals surface area contributed by atoms with E-state index in [1.54, 1.807) is 5.57 Å². The molecule has 0 amide bonds. The van der Waals surface area contributed by atoms with Gasteiger partial charge in [-0.1, -0.05) is 25.5 Å². The smallest absolute Gasteiger partial charge is 0.308 e. The molecule has 0 saturated heterocycles. The Morgan fingerprint density at radius 3 is 3.00 bits per heavy atom. The van der Waals surface area contributed by atoms with Crippen molar-refractivity contribution in [2.45, 2.75) is 52.9 Å². The zero-order valence-electron chi connectivity index (χ0n) is 11.3. The van der Waals surface area contributed by atoms with Crippen LogP contribution in [0.4, 0.5) is 0 Å². The summed E-state index contributed by atoms with van der Waals surface area (Å²) in [4.78, 5) is 11.9. The van der Waals surface area contributed by atoms with E-state index in [1.165, 1.54) is 12.8 Å². The zero-order chi connectivity index (χ0) is 12.5. The highest BCUT2D eigenvalue weighted by atomic mass is 16.5. The van der Waals surface area contributed by atoms with Crippen LogP contribution in [-0.2, 0) is 9.53 Å². The van der Waals surface area contributed by atoms with E-state index in [4.69, 9.17) is 4.74 Å². The second kappa shape index (κ2) is 4.83. The lowest BCUT2D eigenvalue weighted by molar-refractivity contribution is -0.150. The lowest BCUT2D eigenvalue weighted by Crippen LogP contribution is -2.38. The summed E-state index contributed by atoms with van der Waals surface area (Å²) in [5.41, 5.74) is 1.84. The Balaban J connectivity index is 2.12. The first-order chi connectivity index (χ1) is 8.08. The molecular weight excluding hydrogens is 212 g/mol. The molecular formula is C15H24O2. The monoisotopic (exact) mass is 236 g/mol. The maximum absolute atomic E-state index is 11.9. The molecule has 2 rings (SSSR count). The van der Waals surface area contributed by atoms with Crippen molar-refractivity contribution in [2.24, 2.45) is 17.3 Å². The first kappa shape index (κ1) is 12.7. The molecule has 0 unspecified atom stereocenters. The van der Waals surface area contributed by atoms with Gasteiger partial charge in [0.05, 0.1) is 12.5 Å². The van der Waals surface area contributed by atoms with Gasteiger partial charge in [0.25, 0.3) is 0 Å². The standard InChI is InChI=1S/C15H24O2/c1-4-17-14(16)12-8-9-13-7-5-6-11(2)15(13,3)10-12/h7,11-12H,4-6,8-10H2,1-3H3/t11-,12-,15+/m1/s1. The predicted octanol–water partition coefficient (Wildman–Crippen LogP) is 3.71. The highest BCUT2D eigenvalue weighted by Crippen LogP contribution is 2.52. The third kappa shape index (κ3) is 2.27. The average molecular weight is 236 g/mol. The van der Waals surface area contributed by atoms with Crippen molar-refractivity contribution >= 4 is 5.97 Å². The van der Waals surface area contributed by atoms with E-state index in [0.29, 0.717) is 12.5 Å². The minimum absolute atomic E-state index is 0.0190. The molecule has 2 aliphatic carbocycles. The van der Waals surface area contributed by atoms with Crippen LogP contribution in [0.3, 0.4) is 0 Å². The van der Waals surface area contributed by atoms with Gasteiger partial charge in [0.1, 0.15) is 0 Å². The molecule has 1 fully saturated rings. The molecule has 2 nitrogen and oxygen atoms in total. The largest absolute Gasteiger partial charge is 0.466 e. The topological polar surface area (TPSA) is 26.3 Å². The van der Waals surface area contributed by atoms with Gasteiger partial charge in [0, 0.05) is 0 Å². The van der Waals surface area contributed by atoms with Crippen LogP contribution in [0.5, 0.6) is 0 Å². The number of ether oxygens (including phenoxy) is 1. The summed E-state index contributed by atoms with van der Waals surface area (Å²) >= 11 is 0. The molecule has 0 spiro atoms. The van der Waals surface area contributed by atoms with Gasteiger partial charge in [0.15, 0.2) is 0 Å². The number of esters is 1. The average Bonchev–Trinajstić information content (AvgIpc) is 2.30. The lowest BCUT2D eigenvalue weighted by atomic mass is 9.58. The van der Waals surface area contributed by atoms with Crippen molar-refractivity contribution in [2.75, 3.05) is 6.61 Å². The van der Waals surface area contributed by atoms with Crippen LogP contribution in [0.15, 0.2) is 11.6 Å². The van der Waals surface area contributed by atoms with Gasteiger partial charge in [0.2, 0.25) is 0 Å². The first-order valence-corrected chi connectivity index (χ1v) is 6.94. The van der Waals surface area contributed by atoms with E-state index in [-0.39, 0.29) is 17.3 Å². The maximum atomic E-state index is 11.9. The predicted molar refractivity (Wildman–Crippen MR) is 68.6 cm³/mol. The second-order valence-electron chi connectivity index (χ2n) is 5.82. The number of carbonyl (C=O) groups is 1. The minimum Gasteiger partial charge on any atom is -0.466 e. The lowest BCUT2D eigenvalue weighted by Gasteiger charge is -2.46. The Bertz CT molecular complexity index is 332. The van der Waals surface area contributed by atoms with Crippen molar-refractivity contribution in [3.05, 3.63) is 11.6 Å². The van der Waals surface area contributed by atoms with Gasteiger partial charge < -0.3 is 4.74 Å². The van der Waals surface area contributed by atoms with Gasteiger partial charge in [-0.25, -0.2) is 0 Å². The molecule has 0 heterocycles. The molecule has 0 N–H and O–H groups in total. The van der Waals surface area contributed by atoms with Crippen LogP contribution in [0.25, 0.3) is 0 Å². The van der Waals surface area contributed by atoms with E-state index >= 15 is 0 Å². The van der Waals surface area contributed by atoms with E-state index in [9.17, 15) is 4.79 Å². The molecule has 2 aliphatic rings. The third-order valence-electron chi connectivity index (χ3n) is 4.86. The van der Waals surface area contributed by atoms with Crippen molar-refractivity contribution < 1.29 is 9.53 Å². The number of carbonyl (C=O) groups excluding carboxylic acids is 1. The van der Waals surface area contributed by atoms with E-state index in [2.05, 4.69) is 19.9 Å². The first-order valence-electron chi connectivity index (χ1n) is 6.94. The van der Waals surface area contributed by atoms with E-state index in [0.717, 1.165) is 19.3 Å². The summed E-state index contributed by atoms with van der Waals surface area (Å²) in [7, 11) is 0. The highest BCUT2D eigenvalue weighted by molar-refractivity contribution is 5.73. The highest BCUT2D eigenvalue weighted by Gasteiger charge is 2.43. The second-order valence-corrected chi connectivity index (χ2v) is 5.82. The molecule has 0 aliphatic heterocycles. The zero-order valence-corrected chi connectivity index (χ0v) is 11.3. The molecule has 1 saturated carbocycles. The summed E-state index contributed by atoms with van der Waals surface area (Å²) < 4.78 is 5.18. The molecule has 0 radical (unpaired) electrons. The Kier molecular flexibility index (Phi) is 3.60. The summed E-state index contributed by atoms with van der Waals surface area (Å²) in [5, 5.41) is 0. The maximum Gasteiger partial charge on any atom is 0.308 e. The molecule has 17 heavy (non-hydrogen) atoms. The SMILES string of the molecule is CCOC(=O)[C@@H]1CCC2=CCC[C@@H](C)[C@]2(C)C1. The quantitative estimate of drug-likeness (QED) is 0.539. The van der Waals surface area contributed by atoms with Gasteiger partial charge in [-0.15, -0.1) is 0 Å². The summed E-state index contributed by atoms with van der Waals surface area (Å²) in [6.45, 7) is 7.07. The Labute approximate surface area is 104 Å². The summed E-state index contributed by atoms with van der Waals surface area (Å²) in [5.74, 6) is 0.836. The number of hydrogen-bond acceptors (Lipinski definition) is 2. The van der Waals surface area contributed by atoms with Crippen molar-refractivity contribution in [1.29, 1.82) is 0 Å². The van der Waals surface area contributed by atoms with Gasteiger partial charge in [-0.2, -0.15) is 0 Å². The minimum atomic E-state index is 0.0190. The number of hydrogen-bond donors (Lipinski definition) is 0. The van der Waals surface area contributed by atoms with Crippen molar-refractivity contribution in [3.8, 4) is 0 Å². The molecule has 3 atom stereocenters. The Hall–Kier alpha value is -0.790. The van der Waals surface area contributed by atoms with Gasteiger partial charge in [-0.3, -0.25) is 4.79 Å². The van der Waals surface area contributed by atoms with Crippen LogP contribution >= 0.6 is 0 Å².